The van der Waals surface area contributed by atoms with Gasteiger partial charge in [-0.1, -0.05) is 63.6 Å². The fraction of sp³-hybridized carbons (Fsp3) is 0.692. The van der Waals surface area contributed by atoms with E-state index in [4.69, 9.17) is 0 Å². The second-order valence-corrected chi connectivity index (χ2v) is 11.4. The lowest BCUT2D eigenvalue weighted by Crippen LogP contribution is -2.38. The van der Waals surface area contributed by atoms with Gasteiger partial charge in [-0.3, -0.25) is 0 Å². The fourth-order valence-electron chi connectivity index (χ4n) is 5.49. The minimum absolute atomic E-state index is 0.151. The van der Waals surface area contributed by atoms with E-state index in [0.29, 0.717) is 23.5 Å². The van der Waals surface area contributed by atoms with Gasteiger partial charge in [0, 0.05) is 18.6 Å². The average Bonchev–Trinajstić information content (AvgIpc) is 3.04. The van der Waals surface area contributed by atoms with Crippen molar-refractivity contribution in [3.8, 4) is 0 Å². The molecule has 0 aliphatic heterocycles. The van der Waals surface area contributed by atoms with Gasteiger partial charge in [-0.25, -0.2) is 0 Å². The second-order valence-electron chi connectivity index (χ2n) is 10.1. The van der Waals surface area contributed by atoms with Crippen LogP contribution >= 0.6 is 11.8 Å². The molecule has 0 heterocycles. The second kappa shape index (κ2) is 9.36. The summed E-state index contributed by atoms with van der Waals surface area (Å²) in [6, 6.07) is 0. The van der Waals surface area contributed by atoms with Gasteiger partial charge < -0.3 is 15.3 Å². The Morgan fingerprint density at radius 3 is 2.73 bits per heavy atom. The Morgan fingerprint density at radius 2 is 2.07 bits per heavy atom. The van der Waals surface area contributed by atoms with Crippen molar-refractivity contribution in [1.82, 2.24) is 0 Å². The summed E-state index contributed by atoms with van der Waals surface area (Å²) in [5.74, 6) is 1.19. The number of allylic oxidation sites excluding steroid dienone is 5. The first-order chi connectivity index (χ1) is 14.1. The van der Waals surface area contributed by atoms with E-state index in [0.717, 1.165) is 30.4 Å². The Bertz CT molecular complexity index is 749. The van der Waals surface area contributed by atoms with Gasteiger partial charge in [-0.05, 0) is 60.5 Å². The average molecular weight is 433 g/mol. The molecule has 0 aromatic rings. The molecule has 0 aromatic carbocycles. The molecule has 30 heavy (non-hydrogen) atoms. The summed E-state index contributed by atoms with van der Waals surface area (Å²) in [4.78, 5) is -1.06. The molecule has 0 unspecified atom stereocenters. The van der Waals surface area contributed by atoms with Crippen molar-refractivity contribution in [2.45, 2.75) is 89.8 Å². The first kappa shape index (κ1) is 23.8. The van der Waals surface area contributed by atoms with Gasteiger partial charge in [0.1, 0.15) is 4.93 Å². The van der Waals surface area contributed by atoms with Crippen molar-refractivity contribution < 1.29 is 15.3 Å². The van der Waals surface area contributed by atoms with Crippen LogP contribution in [0.15, 0.2) is 47.1 Å². The molecule has 3 aliphatic carbocycles. The molecule has 0 spiro atoms. The minimum Gasteiger partial charge on any atom is -0.392 e. The van der Waals surface area contributed by atoms with E-state index in [1.54, 1.807) is 5.57 Å². The van der Waals surface area contributed by atoms with Crippen LogP contribution in [0.25, 0.3) is 0 Å². The predicted octanol–water partition coefficient (Wildman–Crippen LogP) is 5.54. The zero-order valence-corrected chi connectivity index (χ0v) is 20.0. The van der Waals surface area contributed by atoms with E-state index >= 15 is 0 Å². The predicted molar refractivity (Wildman–Crippen MR) is 127 cm³/mol. The number of aliphatic hydroxyl groups is 3. The normalized spacial score (nSPS) is 38.3. The van der Waals surface area contributed by atoms with Crippen LogP contribution in [0.4, 0.5) is 0 Å². The molecule has 4 heteroatoms. The van der Waals surface area contributed by atoms with Crippen LogP contribution in [0.5, 0.6) is 0 Å². The number of fused-ring (bicyclic) bond motifs is 1. The molecule has 0 amide bonds. The molecule has 3 N–H and O–H groups in total. The Hall–Kier alpha value is -0.810. The van der Waals surface area contributed by atoms with E-state index < -0.39 is 17.1 Å². The van der Waals surface area contributed by atoms with Gasteiger partial charge in [-0.15, -0.1) is 11.8 Å². The zero-order valence-electron chi connectivity index (χ0n) is 19.2. The number of aliphatic hydroxyl groups excluding tert-OH is 2. The monoisotopic (exact) mass is 432 g/mol. The van der Waals surface area contributed by atoms with E-state index in [-0.39, 0.29) is 12.3 Å². The van der Waals surface area contributed by atoms with Crippen molar-refractivity contribution >= 4 is 11.8 Å². The van der Waals surface area contributed by atoms with Crippen LogP contribution in [-0.2, 0) is 0 Å². The summed E-state index contributed by atoms with van der Waals surface area (Å²) in [7, 11) is 0. The summed E-state index contributed by atoms with van der Waals surface area (Å²) in [6.07, 6.45) is 12.2. The van der Waals surface area contributed by atoms with E-state index in [1.165, 1.54) is 30.2 Å². The third-order valence-electron chi connectivity index (χ3n) is 7.68. The van der Waals surface area contributed by atoms with Crippen LogP contribution < -0.4 is 0 Å². The summed E-state index contributed by atoms with van der Waals surface area (Å²) in [5.41, 5.74) is 5.06. The zero-order chi connectivity index (χ0) is 22.1. The van der Waals surface area contributed by atoms with Gasteiger partial charge >= 0.3 is 0 Å². The molecule has 2 fully saturated rings. The fourth-order valence-corrected chi connectivity index (χ4v) is 6.89. The van der Waals surface area contributed by atoms with Crippen molar-refractivity contribution in [2.75, 3.05) is 5.75 Å². The lowest BCUT2D eigenvalue weighted by molar-refractivity contribution is 0.0594. The Kier molecular flexibility index (Phi) is 7.44. The topological polar surface area (TPSA) is 60.7 Å². The Morgan fingerprint density at radius 1 is 1.33 bits per heavy atom. The van der Waals surface area contributed by atoms with Gasteiger partial charge in [0.25, 0.3) is 0 Å². The van der Waals surface area contributed by atoms with E-state index in [2.05, 4.69) is 38.7 Å². The lowest BCUT2D eigenvalue weighted by Gasteiger charge is -2.41. The summed E-state index contributed by atoms with van der Waals surface area (Å²) in [5, 5.41) is 31.8. The molecule has 0 aromatic heterocycles. The first-order valence-corrected chi connectivity index (χ1v) is 12.6. The molecule has 0 bridgehead atoms. The van der Waals surface area contributed by atoms with E-state index in [1.807, 2.05) is 13.8 Å². The lowest BCUT2D eigenvalue weighted by atomic mass is 9.64. The highest BCUT2D eigenvalue weighted by atomic mass is 32.2. The van der Waals surface area contributed by atoms with Crippen molar-refractivity contribution in [3.05, 3.63) is 47.1 Å². The molecular formula is C26H40O3S. The summed E-state index contributed by atoms with van der Waals surface area (Å²) >= 11 is 1.36. The number of hydrogen-bond acceptors (Lipinski definition) is 4. The van der Waals surface area contributed by atoms with Crippen LogP contribution in [0.3, 0.4) is 0 Å². The van der Waals surface area contributed by atoms with Crippen molar-refractivity contribution in [1.29, 1.82) is 0 Å². The number of hydrogen-bond donors (Lipinski definition) is 3. The maximum atomic E-state index is 11.1. The molecule has 0 saturated heterocycles. The molecule has 3 aliphatic rings. The van der Waals surface area contributed by atoms with Gasteiger partial charge in [0.2, 0.25) is 0 Å². The highest BCUT2D eigenvalue weighted by molar-refractivity contribution is 8.00. The molecule has 3 rings (SSSR count). The SMILES string of the molecule is C=C1C(=CC=C2CCC[C@]3(C)C(CC)=CC[C@H]23)C[C@](O)(SC[C@@H](O)C(C)C)C[C@@H]1O. The Balaban J connectivity index is 1.77. The molecule has 168 valence electrons. The summed E-state index contributed by atoms with van der Waals surface area (Å²) in [6.45, 7) is 12.8. The van der Waals surface area contributed by atoms with Crippen molar-refractivity contribution in [3.63, 3.8) is 0 Å². The number of thioether (sulfide) groups is 1. The quantitative estimate of drug-likeness (QED) is 0.381. The largest absolute Gasteiger partial charge is 0.392 e. The highest BCUT2D eigenvalue weighted by Gasteiger charge is 2.44. The summed E-state index contributed by atoms with van der Waals surface area (Å²) < 4.78 is 0. The third kappa shape index (κ3) is 4.82. The van der Waals surface area contributed by atoms with Crippen LogP contribution in [0.1, 0.15) is 72.6 Å². The standard InChI is InChI=1S/C26H40O3S/c1-6-21-11-12-22-19(8-7-13-25(21,22)5)9-10-20-14-26(29,15-23(27)18(20)4)30-16-24(28)17(2)3/h9-11,17,22-24,27-29H,4,6-8,12-16H2,1-3,5H3/t22-,23+,24-,25-,26+/m1/s1. The van der Waals surface area contributed by atoms with Crippen LogP contribution in [0, 0.1) is 17.3 Å². The van der Waals surface area contributed by atoms with E-state index in [9.17, 15) is 15.3 Å². The maximum Gasteiger partial charge on any atom is 0.117 e. The first-order valence-electron chi connectivity index (χ1n) is 11.6. The van der Waals surface area contributed by atoms with Crippen LogP contribution in [-0.4, -0.2) is 38.2 Å². The molecule has 2 saturated carbocycles. The highest BCUT2D eigenvalue weighted by Crippen LogP contribution is 2.55. The third-order valence-corrected chi connectivity index (χ3v) is 9.03. The maximum absolute atomic E-state index is 11.1. The van der Waals surface area contributed by atoms with Gasteiger partial charge in [-0.2, -0.15) is 0 Å². The molecular weight excluding hydrogens is 392 g/mol. The smallest absolute Gasteiger partial charge is 0.117 e. The molecule has 5 atom stereocenters. The van der Waals surface area contributed by atoms with Crippen LogP contribution in [0.2, 0.25) is 0 Å². The molecule has 3 nitrogen and oxygen atoms in total. The Labute approximate surface area is 187 Å². The molecule has 0 radical (unpaired) electrons. The van der Waals surface area contributed by atoms with Gasteiger partial charge in [0.15, 0.2) is 0 Å². The van der Waals surface area contributed by atoms with Gasteiger partial charge in [0.05, 0.1) is 12.2 Å². The van der Waals surface area contributed by atoms with Crippen molar-refractivity contribution in [2.24, 2.45) is 17.3 Å². The number of rotatable bonds is 6. The minimum atomic E-state index is -1.06.